The number of aliphatic hydroxyl groups is 6. The van der Waals surface area contributed by atoms with Gasteiger partial charge in [0.15, 0.2) is 12.5 Å². The standard InChI is InChI=1S/C9H11FN2O6.C9H11IN2O6/c2*10-3-1-12(9(17)11-7(3)16)8-6(15)5(14)4(2-13)18-8/h2*1,4-6,8,13-15H,2H2,(H,11,16,17)/t2*4-,5-,6-,8-/m11/s1. The maximum atomic E-state index is 13.1. The summed E-state index contributed by atoms with van der Waals surface area (Å²) in [7, 11) is 0. The molecule has 0 bridgehead atoms. The van der Waals surface area contributed by atoms with E-state index in [9.17, 15) is 44.0 Å². The molecule has 2 aromatic heterocycles. The minimum Gasteiger partial charge on any atom is -0.394 e. The van der Waals surface area contributed by atoms with E-state index in [1.165, 1.54) is 6.20 Å². The van der Waals surface area contributed by atoms with Crippen molar-refractivity contribution < 1.29 is 44.5 Å². The van der Waals surface area contributed by atoms with Crippen LogP contribution in [0.1, 0.15) is 12.5 Å². The molecule has 8 N–H and O–H groups in total. The maximum Gasteiger partial charge on any atom is 0.330 e. The Morgan fingerprint density at radius 3 is 1.61 bits per heavy atom. The van der Waals surface area contributed by atoms with E-state index in [1.807, 2.05) is 0 Å². The summed E-state index contributed by atoms with van der Waals surface area (Å²) in [5.74, 6) is -1.23. The van der Waals surface area contributed by atoms with Gasteiger partial charge in [0.25, 0.3) is 11.1 Å². The summed E-state index contributed by atoms with van der Waals surface area (Å²) >= 11 is 1.73. The number of halogens is 2. The number of ether oxygens (including phenoxy) is 2. The molecule has 0 saturated carbocycles. The Hall–Kier alpha value is -2.30. The lowest BCUT2D eigenvalue weighted by molar-refractivity contribution is -0.0554. The number of hydrogen-bond donors (Lipinski definition) is 8. The Balaban J connectivity index is 0.000000201. The average Bonchev–Trinajstić information content (AvgIpc) is 3.29. The van der Waals surface area contributed by atoms with Crippen LogP contribution in [0.4, 0.5) is 4.39 Å². The van der Waals surface area contributed by atoms with E-state index in [1.54, 1.807) is 27.6 Å². The molecular weight excluding hydrogens is 610 g/mol. The Labute approximate surface area is 211 Å². The molecule has 36 heavy (non-hydrogen) atoms. The number of nitrogens with one attached hydrogen (secondary N) is 2. The van der Waals surface area contributed by atoms with Gasteiger partial charge in [0, 0.05) is 6.20 Å². The fourth-order valence-corrected chi connectivity index (χ4v) is 3.95. The molecule has 8 atom stereocenters. The van der Waals surface area contributed by atoms with E-state index >= 15 is 0 Å². The van der Waals surface area contributed by atoms with Gasteiger partial charge in [-0.2, -0.15) is 4.39 Å². The van der Waals surface area contributed by atoms with Gasteiger partial charge in [-0.25, -0.2) is 9.59 Å². The molecule has 2 aliphatic heterocycles. The van der Waals surface area contributed by atoms with Crippen molar-refractivity contribution in [2.45, 2.75) is 49.1 Å². The van der Waals surface area contributed by atoms with Gasteiger partial charge in [-0.3, -0.25) is 28.7 Å². The van der Waals surface area contributed by atoms with E-state index in [4.69, 9.17) is 19.7 Å². The Morgan fingerprint density at radius 2 is 1.19 bits per heavy atom. The summed E-state index contributed by atoms with van der Waals surface area (Å²) in [5, 5.41) is 56.3. The number of rotatable bonds is 4. The second-order valence-electron chi connectivity index (χ2n) is 7.74. The number of nitrogens with zero attached hydrogens (tertiary/aromatic N) is 2. The molecule has 0 aliphatic carbocycles. The lowest BCUT2D eigenvalue weighted by Gasteiger charge is -2.17. The number of aromatic amines is 2. The lowest BCUT2D eigenvalue weighted by Crippen LogP contribution is -2.38. The van der Waals surface area contributed by atoms with Gasteiger partial charge in [0.1, 0.15) is 36.6 Å². The van der Waals surface area contributed by atoms with Crippen molar-refractivity contribution in [2.75, 3.05) is 13.2 Å². The second kappa shape index (κ2) is 11.4. The van der Waals surface area contributed by atoms with Gasteiger partial charge in [-0.15, -0.1) is 0 Å². The molecule has 2 aliphatic rings. The molecule has 200 valence electrons. The van der Waals surface area contributed by atoms with Crippen molar-refractivity contribution in [3.8, 4) is 0 Å². The largest absolute Gasteiger partial charge is 0.394 e. The lowest BCUT2D eigenvalue weighted by atomic mass is 10.1. The molecule has 2 saturated heterocycles. The highest BCUT2D eigenvalue weighted by molar-refractivity contribution is 14.1. The number of aromatic nitrogens is 4. The van der Waals surface area contributed by atoms with Crippen molar-refractivity contribution >= 4 is 22.6 Å². The first-order chi connectivity index (χ1) is 16.9. The zero-order chi connectivity index (χ0) is 26.9. The highest BCUT2D eigenvalue weighted by Gasteiger charge is 2.44. The van der Waals surface area contributed by atoms with Crippen LogP contribution in [0.2, 0.25) is 0 Å². The van der Waals surface area contributed by atoms with Gasteiger partial charge in [-0.1, -0.05) is 0 Å². The predicted octanol–water partition coefficient (Wildman–Crippen LogP) is -4.96. The zero-order valence-corrected chi connectivity index (χ0v) is 20.1. The van der Waals surface area contributed by atoms with E-state index in [0.717, 1.165) is 4.57 Å². The van der Waals surface area contributed by atoms with E-state index in [0.29, 0.717) is 10.8 Å². The topological polar surface area (TPSA) is 250 Å². The van der Waals surface area contributed by atoms with Crippen LogP contribution in [0, 0.1) is 9.39 Å². The van der Waals surface area contributed by atoms with Crippen LogP contribution in [-0.2, 0) is 9.47 Å². The third-order valence-corrected chi connectivity index (χ3v) is 6.20. The van der Waals surface area contributed by atoms with Crippen LogP contribution in [0.3, 0.4) is 0 Å². The van der Waals surface area contributed by atoms with Gasteiger partial charge in [0.05, 0.1) is 23.0 Å². The van der Waals surface area contributed by atoms with Crippen molar-refractivity contribution in [1.29, 1.82) is 0 Å². The number of hydrogen-bond acceptors (Lipinski definition) is 12. The summed E-state index contributed by atoms with van der Waals surface area (Å²) in [6, 6.07) is 0. The first kappa shape index (κ1) is 28.3. The summed E-state index contributed by atoms with van der Waals surface area (Å²) in [6.07, 6.45) is -8.38. The Morgan fingerprint density at radius 1 is 0.778 bits per heavy atom. The molecule has 0 radical (unpaired) electrons. The summed E-state index contributed by atoms with van der Waals surface area (Å²) in [6.45, 7) is -1.06. The highest BCUT2D eigenvalue weighted by atomic mass is 127. The van der Waals surface area contributed by atoms with Gasteiger partial charge < -0.3 is 40.1 Å². The fourth-order valence-electron chi connectivity index (χ4n) is 3.52. The van der Waals surface area contributed by atoms with Crippen LogP contribution in [-0.4, -0.2) is 99.6 Å². The molecule has 2 fully saturated rings. The molecule has 4 heterocycles. The highest BCUT2D eigenvalue weighted by Crippen LogP contribution is 2.28. The second-order valence-corrected chi connectivity index (χ2v) is 8.91. The van der Waals surface area contributed by atoms with Crippen LogP contribution in [0.5, 0.6) is 0 Å². The monoisotopic (exact) mass is 632 g/mol. The molecule has 0 unspecified atom stereocenters. The summed E-state index contributed by atoms with van der Waals surface area (Å²) < 4.78 is 25.1. The van der Waals surface area contributed by atoms with Crippen molar-refractivity contribution in [2.24, 2.45) is 0 Å². The Kier molecular flexibility index (Phi) is 8.95. The third-order valence-electron chi connectivity index (χ3n) is 5.43. The van der Waals surface area contributed by atoms with Crippen molar-refractivity contribution in [3.63, 3.8) is 0 Å². The van der Waals surface area contributed by atoms with E-state index in [2.05, 4.69) is 4.98 Å². The number of aliphatic hydroxyl groups excluding tert-OH is 6. The van der Waals surface area contributed by atoms with Crippen LogP contribution < -0.4 is 22.5 Å². The van der Waals surface area contributed by atoms with Crippen molar-refractivity contribution in [1.82, 2.24) is 19.1 Å². The Bertz CT molecular complexity index is 1210. The normalized spacial score (nSPS) is 31.8. The predicted molar refractivity (Wildman–Crippen MR) is 121 cm³/mol. The van der Waals surface area contributed by atoms with Gasteiger partial charge >= 0.3 is 11.4 Å². The average molecular weight is 632 g/mol. The molecule has 0 aromatic carbocycles. The smallest absolute Gasteiger partial charge is 0.330 e. The quantitative estimate of drug-likeness (QED) is 0.148. The van der Waals surface area contributed by atoms with Crippen LogP contribution >= 0.6 is 22.6 Å². The van der Waals surface area contributed by atoms with Gasteiger partial charge in [0.2, 0.25) is 5.82 Å². The van der Waals surface area contributed by atoms with Crippen molar-refractivity contribution in [3.05, 3.63) is 63.5 Å². The van der Waals surface area contributed by atoms with E-state index < -0.39 is 90.6 Å². The van der Waals surface area contributed by atoms with E-state index in [-0.39, 0.29) is 3.57 Å². The molecule has 16 nitrogen and oxygen atoms in total. The molecular formula is C18H22FIN4O12. The molecule has 2 aromatic rings. The summed E-state index contributed by atoms with van der Waals surface area (Å²) in [4.78, 5) is 48.8. The number of H-pyrrole nitrogens is 2. The maximum absolute atomic E-state index is 13.1. The summed E-state index contributed by atoms with van der Waals surface area (Å²) in [5.41, 5.74) is -3.47. The van der Waals surface area contributed by atoms with Crippen LogP contribution in [0.25, 0.3) is 0 Å². The first-order valence-corrected chi connectivity index (χ1v) is 11.3. The molecule has 0 spiro atoms. The minimum atomic E-state index is -1.52. The van der Waals surface area contributed by atoms with Gasteiger partial charge in [-0.05, 0) is 22.6 Å². The minimum absolute atomic E-state index is 0.241. The zero-order valence-electron chi connectivity index (χ0n) is 18.0. The first-order valence-electron chi connectivity index (χ1n) is 10.2. The third kappa shape index (κ3) is 5.50. The fraction of sp³-hybridized carbons (Fsp3) is 0.556. The molecule has 0 amide bonds. The van der Waals surface area contributed by atoms with Crippen LogP contribution in [0.15, 0.2) is 31.6 Å². The SMILES string of the molecule is O=c1[nH]c(=O)n([C@@H]2O[C@H](CO)[C@@H](O)[C@H]2O)cc1F.O=c1[nH]c(=O)n([C@@H]2O[C@H](CO)[C@@H](O)[C@H]2O)cc1I. The molecule has 4 rings (SSSR count). The molecule has 18 heteroatoms.